The number of aliphatic hydroxyl groups excluding tert-OH is 1. The van der Waals surface area contributed by atoms with Crippen LogP contribution in [-0.2, 0) is 13.0 Å². The third-order valence-corrected chi connectivity index (χ3v) is 3.48. The van der Waals surface area contributed by atoms with Gasteiger partial charge in [-0.15, -0.1) is 0 Å². The van der Waals surface area contributed by atoms with Gasteiger partial charge in [-0.1, -0.05) is 6.92 Å². The molecule has 100 valence electrons. The van der Waals surface area contributed by atoms with Crippen molar-refractivity contribution >= 4 is 5.91 Å². The summed E-state index contributed by atoms with van der Waals surface area (Å²) < 4.78 is 1.85. The summed E-state index contributed by atoms with van der Waals surface area (Å²) in [7, 11) is 3.48. The van der Waals surface area contributed by atoms with Crippen molar-refractivity contribution in [3.8, 4) is 0 Å². The molecule has 0 spiro atoms. The van der Waals surface area contributed by atoms with Crippen LogP contribution in [0.15, 0.2) is 6.20 Å². The first-order valence-corrected chi connectivity index (χ1v) is 6.47. The van der Waals surface area contributed by atoms with Gasteiger partial charge < -0.3 is 10.0 Å². The Morgan fingerprint density at radius 2 is 2.22 bits per heavy atom. The quantitative estimate of drug-likeness (QED) is 0.865. The van der Waals surface area contributed by atoms with E-state index in [1.165, 1.54) is 0 Å². The molecule has 0 unspecified atom stereocenters. The number of carbonyl (C=O) groups excluding carboxylic acids is 1. The number of rotatable bonds is 4. The molecule has 1 heterocycles. The highest BCUT2D eigenvalue weighted by Crippen LogP contribution is 2.28. The van der Waals surface area contributed by atoms with E-state index in [2.05, 4.69) is 5.10 Å². The molecule has 1 amide bonds. The number of aliphatic hydroxyl groups is 1. The fraction of sp³-hybridized carbons (Fsp3) is 0.692. The highest BCUT2D eigenvalue weighted by Gasteiger charge is 2.28. The van der Waals surface area contributed by atoms with Crippen molar-refractivity contribution in [3.63, 3.8) is 0 Å². The minimum Gasteiger partial charge on any atom is -0.393 e. The second-order valence-electron chi connectivity index (χ2n) is 5.27. The van der Waals surface area contributed by atoms with E-state index < -0.39 is 0 Å². The number of hydrogen-bond acceptors (Lipinski definition) is 3. The third kappa shape index (κ3) is 2.56. The molecule has 1 aromatic rings. The lowest BCUT2D eigenvalue weighted by atomic mass is 9.82. The molecule has 1 aromatic heterocycles. The lowest BCUT2D eigenvalue weighted by Crippen LogP contribution is -2.31. The second-order valence-corrected chi connectivity index (χ2v) is 5.27. The Bertz CT molecular complexity index is 433. The molecule has 1 N–H and O–H groups in total. The molecule has 5 nitrogen and oxygen atoms in total. The van der Waals surface area contributed by atoms with E-state index in [9.17, 15) is 9.90 Å². The summed E-state index contributed by atoms with van der Waals surface area (Å²) in [5.74, 6) is 0.450. The van der Waals surface area contributed by atoms with E-state index in [-0.39, 0.29) is 12.0 Å². The molecule has 2 rings (SSSR count). The Balaban J connectivity index is 2.11. The average molecular weight is 251 g/mol. The first-order chi connectivity index (χ1) is 8.51. The van der Waals surface area contributed by atoms with Crippen LogP contribution in [0.3, 0.4) is 0 Å². The molecule has 1 aliphatic carbocycles. The van der Waals surface area contributed by atoms with Gasteiger partial charge in [0.15, 0.2) is 5.69 Å². The van der Waals surface area contributed by atoms with E-state index >= 15 is 0 Å². The van der Waals surface area contributed by atoms with Crippen molar-refractivity contribution < 1.29 is 9.90 Å². The zero-order valence-electron chi connectivity index (χ0n) is 11.3. The van der Waals surface area contributed by atoms with Gasteiger partial charge in [-0.3, -0.25) is 9.48 Å². The molecular weight excluding hydrogens is 230 g/mol. The molecular formula is C13H21N3O2. The van der Waals surface area contributed by atoms with Crippen LogP contribution in [0.1, 0.15) is 35.8 Å². The highest BCUT2D eigenvalue weighted by atomic mass is 16.3. The topological polar surface area (TPSA) is 58.4 Å². The molecule has 1 fully saturated rings. The van der Waals surface area contributed by atoms with Gasteiger partial charge in [0, 0.05) is 32.4 Å². The molecule has 0 aromatic carbocycles. The number of amides is 1. The van der Waals surface area contributed by atoms with Crippen LogP contribution in [0.25, 0.3) is 0 Å². The SMILES string of the molecule is CCc1cn(C[C@H]2C[C@H](O)C2)nc1C(=O)N(C)C. The van der Waals surface area contributed by atoms with Crippen LogP contribution in [0.2, 0.25) is 0 Å². The molecule has 0 bridgehead atoms. The largest absolute Gasteiger partial charge is 0.393 e. The van der Waals surface area contributed by atoms with Crippen LogP contribution in [0.5, 0.6) is 0 Å². The molecule has 0 atom stereocenters. The van der Waals surface area contributed by atoms with Gasteiger partial charge in [0.05, 0.1) is 6.10 Å². The zero-order valence-corrected chi connectivity index (χ0v) is 11.3. The average Bonchev–Trinajstić information content (AvgIpc) is 2.69. The Labute approximate surface area is 107 Å². The van der Waals surface area contributed by atoms with Gasteiger partial charge >= 0.3 is 0 Å². The molecule has 1 aliphatic rings. The summed E-state index contributed by atoms with van der Waals surface area (Å²) >= 11 is 0. The zero-order chi connectivity index (χ0) is 13.3. The molecule has 18 heavy (non-hydrogen) atoms. The smallest absolute Gasteiger partial charge is 0.274 e. The van der Waals surface area contributed by atoms with Gasteiger partial charge in [0.2, 0.25) is 0 Å². The maximum atomic E-state index is 12.0. The third-order valence-electron chi connectivity index (χ3n) is 3.48. The van der Waals surface area contributed by atoms with Crippen LogP contribution >= 0.6 is 0 Å². The number of nitrogens with zero attached hydrogens (tertiary/aromatic N) is 3. The van der Waals surface area contributed by atoms with Crippen LogP contribution in [0.4, 0.5) is 0 Å². The maximum Gasteiger partial charge on any atom is 0.274 e. The van der Waals surface area contributed by atoms with E-state index in [0.717, 1.165) is 31.4 Å². The lowest BCUT2D eigenvalue weighted by Gasteiger charge is -2.31. The second kappa shape index (κ2) is 5.10. The van der Waals surface area contributed by atoms with Crippen LogP contribution in [-0.4, -0.2) is 45.9 Å². The van der Waals surface area contributed by atoms with Crippen LogP contribution < -0.4 is 0 Å². The minimum atomic E-state index is -0.140. The van der Waals surface area contributed by atoms with E-state index in [4.69, 9.17) is 0 Å². The first kappa shape index (κ1) is 13.1. The van der Waals surface area contributed by atoms with Gasteiger partial charge in [-0.2, -0.15) is 5.10 Å². The van der Waals surface area contributed by atoms with Gasteiger partial charge in [0.25, 0.3) is 5.91 Å². The fourth-order valence-corrected chi connectivity index (χ4v) is 2.32. The van der Waals surface area contributed by atoms with Crippen LogP contribution in [0, 0.1) is 5.92 Å². The predicted molar refractivity (Wildman–Crippen MR) is 68.4 cm³/mol. The summed E-state index contributed by atoms with van der Waals surface area (Å²) in [6.07, 6.45) is 4.32. The maximum absolute atomic E-state index is 12.0. The summed E-state index contributed by atoms with van der Waals surface area (Å²) in [4.78, 5) is 13.5. The van der Waals surface area contributed by atoms with E-state index in [1.54, 1.807) is 19.0 Å². The molecule has 1 saturated carbocycles. The summed E-state index contributed by atoms with van der Waals surface area (Å²) in [6, 6.07) is 0. The van der Waals surface area contributed by atoms with E-state index in [1.807, 2.05) is 17.8 Å². The van der Waals surface area contributed by atoms with Crippen molar-refractivity contribution in [1.29, 1.82) is 0 Å². The Kier molecular flexibility index (Phi) is 3.71. The standard InChI is InChI=1S/C13H21N3O2/c1-4-10-8-16(7-9-5-11(17)6-9)14-12(10)13(18)15(2)3/h8-9,11,17H,4-7H2,1-3H3/t9-,11-. The molecule has 0 aliphatic heterocycles. The normalized spacial score (nSPS) is 22.7. The van der Waals surface area contributed by atoms with Gasteiger partial charge in [-0.05, 0) is 25.2 Å². The van der Waals surface area contributed by atoms with Crippen molar-refractivity contribution in [2.45, 2.75) is 38.8 Å². The highest BCUT2D eigenvalue weighted by molar-refractivity contribution is 5.93. The Hall–Kier alpha value is -1.36. The summed E-state index contributed by atoms with van der Waals surface area (Å²) in [5, 5.41) is 13.7. The minimum absolute atomic E-state index is 0.0424. The van der Waals surface area contributed by atoms with Crippen molar-refractivity contribution in [1.82, 2.24) is 14.7 Å². The van der Waals surface area contributed by atoms with Crippen molar-refractivity contribution in [2.24, 2.45) is 5.92 Å². The van der Waals surface area contributed by atoms with Crippen molar-refractivity contribution in [2.75, 3.05) is 14.1 Å². The molecule has 5 heteroatoms. The molecule has 0 radical (unpaired) electrons. The fourth-order valence-electron chi connectivity index (χ4n) is 2.32. The Morgan fingerprint density at radius 1 is 1.56 bits per heavy atom. The molecule has 0 saturated heterocycles. The van der Waals surface area contributed by atoms with Crippen molar-refractivity contribution in [3.05, 3.63) is 17.5 Å². The van der Waals surface area contributed by atoms with E-state index in [0.29, 0.717) is 11.6 Å². The Morgan fingerprint density at radius 3 is 2.72 bits per heavy atom. The monoisotopic (exact) mass is 251 g/mol. The number of aromatic nitrogens is 2. The van der Waals surface area contributed by atoms with Gasteiger partial charge in [-0.25, -0.2) is 0 Å². The predicted octanol–water partition coefficient (Wildman–Crippen LogP) is 0.918. The summed E-state index contributed by atoms with van der Waals surface area (Å²) in [5.41, 5.74) is 1.55. The first-order valence-electron chi connectivity index (χ1n) is 6.47. The summed E-state index contributed by atoms with van der Waals surface area (Å²) in [6.45, 7) is 2.83. The lowest BCUT2D eigenvalue weighted by molar-refractivity contribution is 0.0335. The number of carbonyl (C=O) groups is 1. The number of aryl methyl sites for hydroxylation is 1. The van der Waals surface area contributed by atoms with Gasteiger partial charge in [0.1, 0.15) is 0 Å². The number of hydrogen-bond donors (Lipinski definition) is 1.